The molecule has 120 valence electrons. The quantitative estimate of drug-likeness (QED) is 0.926. The molecule has 1 fully saturated rings. The second-order valence-electron chi connectivity index (χ2n) is 6.68. The maximum Gasteiger partial charge on any atom is 0.170 e. The molecular weight excluding hydrogens is 276 g/mol. The van der Waals surface area contributed by atoms with Gasteiger partial charge >= 0.3 is 0 Å². The van der Waals surface area contributed by atoms with Crippen LogP contribution in [0.5, 0.6) is 5.75 Å². The highest BCUT2D eigenvalue weighted by Gasteiger charge is 2.36. The number of ether oxygens (including phenoxy) is 1. The molecule has 1 aromatic carbocycles. The molecule has 0 aromatic heterocycles. The predicted molar refractivity (Wildman–Crippen MR) is 87.7 cm³/mol. The van der Waals surface area contributed by atoms with Gasteiger partial charge in [0, 0.05) is 32.7 Å². The van der Waals surface area contributed by atoms with Crippen molar-refractivity contribution in [3.63, 3.8) is 0 Å². The summed E-state index contributed by atoms with van der Waals surface area (Å²) in [5, 5.41) is 3.37. The van der Waals surface area contributed by atoms with E-state index in [2.05, 4.69) is 30.1 Å². The van der Waals surface area contributed by atoms with E-state index in [0.29, 0.717) is 6.42 Å². The number of ketones is 1. The Hall–Kier alpha value is -1.39. The fourth-order valence-electron chi connectivity index (χ4n) is 3.31. The minimum absolute atomic E-state index is 0.222. The first kappa shape index (κ1) is 15.5. The number of nitrogens with one attached hydrogen (secondary N) is 1. The SMILES string of the molecule is CCc1ccc2c(c1)C(=O)CC(C)(CCN1CCNCC1)O2. The third-order valence-corrected chi connectivity index (χ3v) is 4.81. The van der Waals surface area contributed by atoms with Crippen molar-refractivity contribution in [2.45, 2.75) is 38.7 Å². The van der Waals surface area contributed by atoms with Crippen LogP contribution in [-0.2, 0) is 6.42 Å². The molecule has 0 aliphatic carbocycles. The molecule has 0 bridgehead atoms. The van der Waals surface area contributed by atoms with Crippen LogP contribution in [0, 0.1) is 0 Å². The third kappa shape index (κ3) is 3.33. The molecule has 1 N–H and O–H groups in total. The lowest BCUT2D eigenvalue weighted by Gasteiger charge is -2.37. The van der Waals surface area contributed by atoms with Crippen LogP contribution in [0.2, 0.25) is 0 Å². The Kier molecular flexibility index (Phi) is 4.50. The Balaban J connectivity index is 1.68. The molecule has 0 spiro atoms. The maximum absolute atomic E-state index is 12.5. The fourth-order valence-corrected chi connectivity index (χ4v) is 3.31. The topological polar surface area (TPSA) is 41.6 Å². The van der Waals surface area contributed by atoms with Crippen LogP contribution in [0.3, 0.4) is 0 Å². The lowest BCUT2D eigenvalue weighted by atomic mass is 9.88. The van der Waals surface area contributed by atoms with Crippen LogP contribution < -0.4 is 10.1 Å². The fraction of sp³-hybridized carbons (Fsp3) is 0.611. The number of hydrogen-bond acceptors (Lipinski definition) is 4. The Bertz CT molecular complexity index is 552. The molecule has 0 saturated carbocycles. The van der Waals surface area contributed by atoms with E-state index in [0.717, 1.165) is 56.9 Å². The van der Waals surface area contributed by atoms with Crippen molar-refractivity contribution in [2.75, 3.05) is 32.7 Å². The molecule has 3 rings (SSSR count). The number of piperazine rings is 1. The number of carbonyl (C=O) groups excluding carboxylic acids is 1. The Labute approximate surface area is 132 Å². The summed E-state index contributed by atoms with van der Waals surface area (Å²) in [4.78, 5) is 15.0. The van der Waals surface area contributed by atoms with Crippen LogP contribution in [0.4, 0.5) is 0 Å². The minimum atomic E-state index is -0.372. The van der Waals surface area contributed by atoms with Gasteiger partial charge in [0.2, 0.25) is 0 Å². The molecule has 4 nitrogen and oxygen atoms in total. The van der Waals surface area contributed by atoms with E-state index in [1.165, 1.54) is 5.56 Å². The Morgan fingerprint density at radius 3 is 2.82 bits per heavy atom. The zero-order valence-corrected chi connectivity index (χ0v) is 13.7. The molecule has 2 heterocycles. The van der Waals surface area contributed by atoms with Gasteiger partial charge in [-0.25, -0.2) is 0 Å². The minimum Gasteiger partial charge on any atom is -0.486 e. The first-order valence-electron chi connectivity index (χ1n) is 8.38. The summed E-state index contributed by atoms with van der Waals surface area (Å²) in [7, 11) is 0. The van der Waals surface area contributed by atoms with Gasteiger partial charge in [0.05, 0.1) is 12.0 Å². The number of benzene rings is 1. The summed E-state index contributed by atoms with van der Waals surface area (Å²) in [6.07, 6.45) is 2.33. The lowest BCUT2D eigenvalue weighted by Crippen LogP contribution is -2.47. The smallest absolute Gasteiger partial charge is 0.170 e. The molecule has 4 heteroatoms. The Morgan fingerprint density at radius 1 is 1.32 bits per heavy atom. The number of aryl methyl sites for hydroxylation is 1. The zero-order chi connectivity index (χ0) is 15.6. The Morgan fingerprint density at radius 2 is 2.09 bits per heavy atom. The highest BCUT2D eigenvalue weighted by molar-refractivity contribution is 6.00. The summed E-state index contributed by atoms with van der Waals surface area (Å²) >= 11 is 0. The van der Waals surface area contributed by atoms with Crippen molar-refractivity contribution >= 4 is 5.78 Å². The van der Waals surface area contributed by atoms with Gasteiger partial charge in [-0.15, -0.1) is 0 Å². The number of rotatable bonds is 4. The second-order valence-corrected chi connectivity index (χ2v) is 6.68. The van der Waals surface area contributed by atoms with Crippen LogP contribution in [-0.4, -0.2) is 49.0 Å². The normalized spacial score (nSPS) is 25.6. The molecule has 22 heavy (non-hydrogen) atoms. The molecule has 0 radical (unpaired) electrons. The predicted octanol–water partition coefficient (Wildman–Crippen LogP) is 2.27. The molecule has 1 unspecified atom stereocenters. The number of nitrogens with zero attached hydrogens (tertiary/aromatic N) is 1. The van der Waals surface area contributed by atoms with E-state index < -0.39 is 0 Å². The summed E-state index contributed by atoms with van der Waals surface area (Å²) in [6.45, 7) is 9.45. The number of carbonyl (C=O) groups is 1. The third-order valence-electron chi connectivity index (χ3n) is 4.81. The van der Waals surface area contributed by atoms with E-state index in [-0.39, 0.29) is 11.4 Å². The van der Waals surface area contributed by atoms with E-state index in [4.69, 9.17) is 4.74 Å². The highest BCUT2D eigenvalue weighted by atomic mass is 16.5. The average molecular weight is 302 g/mol. The first-order chi connectivity index (χ1) is 10.6. The van der Waals surface area contributed by atoms with Crippen LogP contribution in [0.25, 0.3) is 0 Å². The number of Topliss-reactive ketones (excluding diaryl/α,β-unsaturated/α-hetero) is 1. The number of hydrogen-bond donors (Lipinski definition) is 1. The van der Waals surface area contributed by atoms with Crippen molar-refractivity contribution in [3.05, 3.63) is 29.3 Å². The first-order valence-corrected chi connectivity index (χ1v) is 8.38. The summed E-state index contributed by atoms with van der Waals surface area (Å²) in [6, 6.07) is 6.02. The van der Waals surface area contributed by atoms with Crippen molar-refractivity contribution < 1.29 is 9.53 Å². The molecular formula is C18H26N2O2. The van der Waals surface area contributed by atoms with Crippen LogP contribution >= 0.6 is 0 Å². The van der Waals surface area contributed by atoms with Gasteiger partial charge in [-0.2, -0.15) is 0 Å². The van der Waals surface area contributed by atoms with E-state index in [9.17, 15) is 4.79 Å². The summed E-state index contributed by atoms with van der Waals surface area (Å²) in [5.74, 6) is 0.982. The second kappa shape index (κ2) is 6.39. The molecule has 2 aliphatic rings. The van der Waals surface area contributed by atoms with Crippen molar-refractivity contribution in [1.29, 1.82) is 0 Å². The molecule has 2 aliphatic heterocycles. The summed E-state index contributed by atoms with van der Waals surface area (Å²) in [5.41, 5.74) is 1.59. The van der Waals surface area contributed by atoms with Gasteiger partial charge in [-0.05, 0) is 37.5 Å². The molecule has 1 saturated heterocycles. The largest absolute Gasteiger partial charge is 0.486 e. The van der Waals surface area contributed by atoms with E-state index in [1.54, 1.807) is 0 Å². The van der Waals surface area contributed by atoms with Crippen molar-refractivity contribution in [2.24, 2.45) is 0 Å². The van der Waals surface area contributed by atoms with E-state index >= 15 is 0 Å². The van der Waals surface area contributed by atoms with Crippen LogP contribution in [0.15, 0.2) is 18.2 Å². The number of fused-ring (bicyclic) bond motifs is 1. The van der Waals surface area contributed by atoms with Crippen LogP contribution in [0.1, 0.15) is 42.6 Å². The lowest BCUT2D eigenvalue weighted by molar-refractivity contribution is 0.0387. The highest BCUT2D eigenvalue weighted by Crippen LogP contribution is 2.35. The van der Waals surface area contributed by atoms with E-state index in [1.807, 2.05) is 12.1 Å². The monoisotopic (exact) mass is 302 g/mol. The molecule has 1 atom stereocenters. The molecule has 0 amide bonds. The summed E-state index contributed by atoms with van der Waals surface area (Å²) < 4.78 is 6.22. The maximum atomic E-state index is 12.5. The van der Waals surface area contributed by atoms with Gasteiger partial charge in [0.1, 0.15) is 11.4 Å². The zero-order valence-electron chi connectivity index (χ0n) is 13.7. The van der Waals surface area contributed by atoms with Gasteiger partial charge in [-0.3, -0.25) is 4.79 Å². The van der Waals surface area contributed by atoms with Gasteiger partial charge in [-0.1, -0.05) is 13.0 Å². The average Bonchev–Trinajstić information content (AvgIpc) is 2.54. The van der Waals surface area contributed by atoms with Gasteiger partial charge < -0.3 is 15.0 Å². The van der Waals surface area contributed by atoms with Gasteiger partial charge in [0.15, 0.2) is 5.78 Å². The molecule has 1 aromatic rings. The van der Waals surface area contributed by atoms with Crippen molar-refractivity contribution in [3.8, 4) is 5.75 Å². The standard InChI is InChI=1S/C18H26N2O2/c1-3-14-4-5-17-15(12-14)16(21)13-18(2,22-17)6-9-20-10-7-19-8-11-20/h4-5,12,19H,3,6-11,13H2,1-2H3. The van der Waals surface area contributed by atoms with Crippen molar-refractivity contribution in [1.82, 2.24) is 10.2 Å². The van der Waals surface area contributed by atoms with Gasteiger partial charge in [0.25, 0.3) is 0 Å².